The maximum atomic E-state index is 14.9. The quantitative estimate of drug-likeness (QED) is 0.131. The fourth-order valence-electron chi connectivity index (χ4n) is 10.7. The number of ketones is 1. The Bertz CT molecular complexity index is 1720. The van der Waals surface area contributed by atoms with Gasteiger partial charge in [0.05, 0.1) is 42.0 Å². The summed E-state index contributed by atoms with van der Waals surface area (Å²) in [5, 5.41) is -0.735. The fourth-order valence-corrected chi connectivity index (χ4v) is 12.9. The highest BCUT2D eigenvalue weighted by atomic mass is 33.1. The zero-order valence-electron chi connectivity index (χ0n) is 41.4. The number of amides is 1. The van der Waals surface area contributed by atoms with Crippen LogP contribution in [-0.4, -0.2) is 151 Å². The van der Waals surface area contributed by atoms with Crippen molar-refractivity contribution in [2.45, 2.75) is 199 Å². The smallest absolute Gasteiger partial charge is 0.321 e. The first-order chi connectivity index (χ1) is 30.2. The van der Waals surface area contributed by atoms with E-state index in [2.05, 4.69) is 0 Å². The lowest BCUT2D eigenvalue weighted by Crippen LogP contribution is -2.62. The van der Waals surface area contributed by atoms with Gasteiger partial charge in [-0.1, -0.05) is 49.3 Å². The normalized spacial score (nSPS) is 43.1. The lowest BCUT2D eigenvalue weighted by Gasteiger charge is -2.50. The number of carbonyl (C=O) groups is 6. The van der Waals surface area contributed by atoms with E-state index in [9.17, 15) is 28.8 Å². The van der Waals surface area contributed by atoms with Gasteiger partial charge in [0.1, 0.15) is 22.7 Å². The molecule has 4 saturated heterocycles. The molecule has 0 radical (unpaired) electrons. The number of methoxy groups -OCH3 is 2. The highest BCUT2D eigenvalue weighted by Crippen LogP contribution is 2.51. The Hall–Kier alpha value is -2.52. The van der Waals surface area contributed by atoms with E-state index >= 15 is 0 Å². The molecule has 4 rings (SSSR count). The Kier molecular flexibility index (Phi) is 18.9. The number of Topliss-reactive ketones (excluding diaryl/α,β-unsaturated/α-hetero) is 1. The molecule has 4 heterocycles. The van der Waals surface area contributed by atoms with Gasteiger partial charge in [-0.05, 0) is 67.1 Å². The predicted octanol–water partition coefficient (Wildman–Crippen LogP) is 5.70. The van der Waals surface area contributed by atoms with E-state index < -0.39 is 137 Å². The molecule has 1 amide bonds. The van der Waals surface area contributed by atoms with E-state index in [1.165, 1.54) is 61.5 Å². The van der Waals surface area contributed by atoms with Crippen LogP contribution in [0.2, 0.25) is 0 Å². The van der Waals surface area contributed by atoms with Gasteiger partial charge in [0, 0.05) is 72.1 Å². The molecule has 65 heavy (non-hydrogen) atoms. The van der Waals surface area contributed by atoms with Crippen LogP contribution in [0.15, 0.2) is 0 Å². The largest absolute Gasteiger partial charge is 0.458 e. The van der Waals surface area contributed by atoms with Crippen molar-refractivity contribution in [1.29, 1.82) is 0 Å². The number of cyclic esters (lactones) is 1. The fraction of sp³-hybridized carbons (Fsp3) is 0.870. The third-order valence-corrected chi connectivity index (χ3v) is 16.4. The van der Waals surface area contributed by atoms with Crippen molar-refractivity contribution in [3.8, 4) is 0 Å². The van der Waals surface area contributed by atoms with Crippen LogP contribution in [0.1, 0.15) is 116 Å². The summed E-state index contributed by atoms with van der Waals surface area (Å²) in [4.78, 5) is 82.8. The van der Waals surface area contributed by atoms with Gasteiger partial charge in [0.2, 0.25) is 5.91 Å². The summed E-state index contributed by atoms with van der Waals surface area (Å²) >= 11 is 0. The van der Waals surface area contributed by atoms with Crippen LogP contribution in [0.3, 0.4) is 0 Å². The molecule has 0 aromatic rings. The summed E-state index contributed by atoms with van der Waals surface area (Å²) in [6.45, 7) is 21.8. The lowest BCUT2D eigenvalue weighted by atomic mass is 9.70. The third-order valence-electron chi connectivity index (χ3n) is 14.3. The first kappa shape index (κ1) is 55.1. The van der Waals surface area contributed by atoms with Crippen LogP contribution in [0.5, 0.6) is 0 Å². The summed E-state index contributed by atoms with van der Waals surface area (Å²) < 4.78 is 63.6. The molecule has 4 aliphatic heterocycles. The zero-order chi connectivity index (χ0) is 49.1. The van der Waals surface area contributed by atoms with Crippen LogP contribution in [0.4, 0.5) is 0 Å². The van der Waals surface area contributed by atoms with Crippen molar-refractivity contribution >= 4 is 57.2 Å². The SMILES string of the molecule is CC[C@H]1OC(=O)[C@H](C)[C@@H](O[C@H]2C[C@@](C)(OC)[C@@H](OC(C)=O)[C@H](C)O2)[C@H](C)[C@@H](O[C@@H]2O[C@H](C)C[C@H](N(C)C(C)=O)[C@H]2OC(C)=O)[C@](C)(OC)C[C@@H](C)C(=O)[C@H](C)[C@H]2C(SSC)C(=O)O[C@@]21C. The van der Waals surface area contributed by atoms with Gasteiger partial charge < -0.3 is 52.3 Å². The number of nitrogens with zero attached hydrogens (tertiary/aromatic N) is 1. The van der Waals surface area contributed by atoms with Crippen LogP contribution in [0, 0.1) is 29.6 Å². The number of ether oxygens (including phenoxy) is 10. The second-order valence-corrected chi connectivity index (χ2v) is 21.7. The van der Waals surface area contributed by atoms with Crippen molar-refractivity contribution in [1.82, 2.24) is 4.90 Å². The summed E-state index contributed by atoms with van der Waals surface area (Å²) in [6, 6.07) is -0.646. The van der Waals surface area contributed by atoms with Gasteiger partial charge in [0.25, 0.3) is 0 Å². The van der Waals surface area contributed by atoms with E-state index in [1.807, 2.05) is 34.0 Å². The molecule has 0 N–H and O–H groups in total. The third kappa shape index (κ3) is 11.9. The van der Waals surface area contributed by atoms with Crippen LogP contribution >= 0.6 is 21.6 Å². The van der Waals surface area contributed by atoms with E-state index in [4.69, 9.17) is 47.4 Å². The van der Waals surface area contributed by atoms with Crippen molar-refractivity contribution in [2.75, 3.05) is 27.5 Å². The van der Waals surface area contributed by atoms with Crippen LogP contribution in [-0.2, 0) is 76.1 Å². The minimum Gasteiger partial charge on any atom is -0.458 e. The van der Waals surface area contributed by atoms with Gasteiger partial charge >= 0.3 is 23.9 Å². The predicted molar refractivity (Wildman–Crippen MR) is 241 cm³/mol. The van der Waals surface area contributed by atoms with Gasteiger partial charge in [-0.25, -0.2) is 0 Å². The summed E-state index contributed by atoms with van der Waals surface area (Å²) in [6.07, 6.45) is -5.93. The average molecular weight is 962 g/mol. The summed E-state index contributed by atoms with van der Waals surface area (Å²) in [5.74, 6) is -6.72. The van der Waals surface area contributed by atoms with Gasteiger partial charge in [-0.2, -0.15) is 0 Å². The maximum Gasteiger partial charge on any atom is 0.321 e. The Morgan fingerprint density at radius 3 is 1.94 bits per heavy atom. The number of likely N-dealkylation sites (N-methyl/N-ethyl adjacent to an activating group) is 1. The number of hydrogen-bond donors (Lipinski definition) is 0. The molecule has 0 saturated carbocycles. The highest BCUT2D eigenvalue weighted by Gasteiger charge is 2.62. The van der Waals surface area contributed by atoms with Crippen molar-refractivity contribution in [2.24, 2.45) is 29.6 Å². The minimum absolute atomic E-state index is 0.0753. The Morgan fingerprint density at radius 1 is 0.800 bits per heavy atom. The Morgan fingerprint density at radius 2 is 1.40 bits per heavy atom. The second kappa shape index (κ2) is 22.3. The molecule has 19 heteroatoms. The van der Waals surface area contributed by atoms with Crippen LogP contribution < -0.4 is 0 Å². The molecule has 0 bridgehead atoms. The van der Waals surface area contributed by atoms with E-state index in [0.29, 0.717) is 6.42 Å². The van der Waals surface area contributed by atoms with E-state index in [1.54, 1.807) is 48.6 Å². The topological polar surface area (TPSA) is 198 Å². The number of fused-ring (bicyclic) bond motifs is 1. The van der Waals surface area contributed by atoms with Gasteiger partial charge in [0.15, 0.2) is 30.4 Å². The summed E-state index contributed by atoms with van der Waals surface area (Å²) in [7, 11) is 7.33. The minimum atomic E-state index is -1.37. The van der Waals surface area contributed by atoms with E-state index in [-0.39, 0.29) is 31.0 Å². The molecule has 4 aliphatic rings. The standard InChI is InChI=1S/C46H75NO16S2/c1-18-32-46(13)34(38(65-64-17)42(53)63-46)24(4)35(51)22(2)20-44(11,54-15)39(62-43-37(58-29(9)49)31(19-23(3)56-43)47(14)28(8)48)25(5)36(26(6)41(52)60-32)61-33-21-45(12,55-16)40(27(7)57-33)59-30(10)50/h22-27,31-34,36-40,43H,18-21H2,1-17H3/t22-,23-,24-,25+,26-,27+,31+,32-,33+,34+,36+,37-,38?,39-,40+,43+,44-,45-,46-/m1/s1. The molecule has 0 aromatic heterocycles. The van der Waals surface area contributed by atoms with Crippen LogP contribution in [0.25, 0.3) is 0 Å². The molecular formula is C46H75NO16S2. The molecule has 0 spiro atoms. The number of esters is 4. The van der Waals surface area contributed by atoms with Gasteiger partial charge in [-0.3, -0.25) is 28.8 Å². The van der Waals surface area contributed by atoms with Crippen molar-refractivity contribution < 1.29 is 76.1 Å². The number of rotatable bonds is 12. The molecule has 1 unspecified atom stereocenters. The average Bonchev–Trinajstić information content (AvgIpc) is 3.49. The lowest BCUT2D eigenvalue weighted by molar-refractivity contribution is -0.320. The Balaban J connectivity index is 1.96. The molecule has 4 fully saturated rings. The number of carbonyl (C=O) groups excluding carboxylic acids is 6. The molecule has 19 atom stereocenters. The zero-order valence-corrected chi connectivity index (χ0v) is 43.0. The Labute approximate surface area is 393 Å². The monoisotopic (exact) mass is 961 g/mol. The highest BCUT2D eigenvalue weighted by molar-refractivity contribution is 8.76. The molecule has 372 valence electrons. The molecule has 0 aromatic carbocycles. The van der Waals surface area contributed by atoms with E-state index in [0.717, 1.165) is 0 Å². The second-order valence-electron chi connectivity index (χ2n) is 19.1. The first-order valence-electron chi connectivity index (χ1n) is 22.7. The molecule has 0 aliphatic carbocycles. The molecular weight excluding hydrogens is 887 g/mol. The van der Waals surface area contributed by atoms with Crippen molar-refractivity contribution in [3.05, 3.63) is 0 Å². The maximum absolute atomic E-state index is 14.9. The number of hydrogen-bond acceptors (Lipinski definition) is 18. The first-order valence-corrected chi connectivity index (χ1v) is 25.3. The molecule has 17 nitrogen and oxygen atoms in total. The summed E-state index contributed by atoms with van der Waals surface area (Å²) in [5.41, 5.74) is -3.81. The van der Waals surface area contributed by atoms with Gasteiger partial charge in [-0.15, -0.1) is 0 Å². The van der Waals surface area contributed by atoms with Crippen molar-refractivity contribution in [3.63, 3.8) is 0 Å².